The van der Waals surface area contributed by atoms with Crippen LogP contribution in [0.1, 0.15) is 72.7 Å². The number of nitrogens with zero attached hydrogens (tertiary/aromatic N) is 4. The van der Waals surface area contributed by atoms with Gasteiger partial charge in [-0.3, -0.25) is 4.79 Å². The molecule has 0 spiro atoms. The molecule has 0 saturated heterocycles. The lowest BCUT2D eigenvalue weighted by atomic mass is 9.89. The summed E-state index contributed by atoms with van der Waals surface area (Å²) in [5.41, 5.74) is 1.76. The minimum absolute atomic E-state index is 0.151. The van der Waals surface area contributed by atoms with Crippen LogP contribution in [0.3, 0.4) is 0 Å². The van der Waals surface area contributed by atoms with E-state index in [9.17, 15) is 10.1 Å². The lowest BCUT2D eigenvalue weighted by molar-refractivity contribution is -0.113. The van der Waals surface area contributed by atoms with Crippen molar-refractivity contribution >= 4 is 34.0 Å². The van der Waals surface area contributed by atoms with Crippen LogP contribution >= 0.6 is 23.1 Å². The van der Waals surface area contributed by atoms with Crippen molar-refractivity contribution < 1.29 is 4.79 Å². The van der Waals surface area contributed by atoms with Gasteiger partial charge in [-0.25, -0.2) is 4.68 Å². The predicted molar refractivity (Wildman–Crippen MR) is 111 cm³/mol. The number of nitrogens with two attached hydrogens (primary N) is 1. The molecule has 3 N–H and O–H groups in total. The fourth-order valence-electron chi connectivity index (χ4n) is 4.09. The van der Waals surface area contributed by atoms with Crippen LogP contribution < -0.4 is 11.2 Å². The number of amides is 1. The molecule has 2 heterocycles. The number of hydrogen-bond acceptors (Lipinski definition) is 7. The number of rotatable bonds is 5. The van der Waals surface area contributed by atoms with Crippen LogP contribution in [0.2, 0.25) is 0 Å². The van der Waals surface area contributed by atoms with E-state index in [1.807, 2.05) is 0 Å². The lowest BCUT2D eigenvalue weighted by Gasteiger charge is -2.20. The zero-order valence-corrected chi connectivity index (χ0v) is 17.4. The van der Waals surface area contributed by atoms with Crippen molar-refractivity contribution in [2.45, 2.75) is 68.9 Å². The number of aromatic nitrogens is 3. The molecule has 2 aromatic rings. The van der Waals surface area contributed by atoms with Gasteiger partial charge >= 0.3 is 0 Å². The highest BCUT2D eigenvalue weighted by Crippen LogP contribution is 2.38. The number of nitrogen functional groups attached to an aromatic ring is 1. The van der Waals surface area contributed by atoms with Crippen LogP contribution in [0.5, 0.6) is 0 Å². The molecule has 0 bridgehead atoms. The Balaban J connectivity index is 1.38. The second-order valence-electron chi connectivity index (χ2n) is 7.41. The van der Waals surface area contributed by atoms with E-state index < -0.39 is 0 Å². The van der Waals surface area contributed by atoms with Crippen LogP contribution in [0.15, 0.2) is 5.16 Å². The average Bonchev–Trinajstić information content (AvgIpc) is 3.26. The van der Waals surface area contributed by atoms with Crippen molar-refractivity contribution in [3.05, 3.63) is 21.8 Å². The Hall–Kier alpha value is -2.05. The maximum Gasteiger partial charge on any atom is 0.235 e. The molecule has 0 aliphatic heterocycles. The molecule has 2 aliphatic carbocycles. The first kappa shape index (κ1) is 19.3. The second kappa shape index (κ2) is 8.53. The molecule has 148 valence electrons. The number of fused-ring (bicyclic) bond motifs is 1. The van der Waals surface area contributed by atoms with Gasteiger partial charge in [0.1, 0.15) is 11.1 Å². The highest BCUT2D eigenvalue weighted by atomic mass is 32.2. The normalized spacial score (nSPS) is 17.1. The summed E-state index contributed by atoms with van der Waals surface area (Å²) in [5, 5.41) is 22.1. The molecule has 28 heavy (non-hydrogen) atoms. The summed E-state index contributed by atoms with van der Waals surface area (Å²) in [6.45, 7) is 0. The maximum absolute atomic E-state index is 12.5. The number of thioether (sulfide) groups is 1. The third-order valence-electron chi connectivity index (χ3n) is 5.53. The summed E-state index contributed by atoms with van der Waals surface area (Å²) >= 11 is 2.82. The van der Waals surface area contributed by atoms with Crippen molar-refractivity contribution in [3.63, 3.8) is 0 Å². The van der Waals surface area contributed by atoms with Crippen LogP contribution in [0.25, 0.3) is 0 Å². The number of thiophene rings is 1. The highest BCUT2D eigenvalue weighted by Gasteiger charge is 2.24. The van der Waals surface area contributed by atoms with Gasteiger partial charge in [-0.15, -0.1) is 21.5 Å². The van der Waals surface area contributed by atoms with E-state index in [4.69, 9.17) is 5.84 Å². The predicted octanol–water partition coefficient (Wildman–Crippen LogP) is 3.58. The average molecular weight is 417 g/mol. The Morgan fingerprint density at radius 3 is 2.82 bits per heavy atom. The lowest BCUT2D eigenvalue weighted by Crippen LogP contribution is -2.19. The third-order valence-corrected chi connectivity index (χ3v) is 7.68. The molecular weight excluding hydrogens is 392 g/mol. The maximum atomic E-state index is 12.5. The zero-order chi connectivity index (χ0) is 19.5. The number of carbonyl (C=O) groups excluding carboxylic acids is 1. The van der Waals surface area contributed by atoms with Gasteiger partial charge in [-0.2, -0.15) is 5.26 Å². The van der Waals surface area contributed by atoms with Crippen LogP contribution in [0, 0.1) is 11.3 Å². The molecule has 1 amide bonds. The minimum atomic E-state index is -0.151. The molecule has 4 rings (SSSR count). The summed E-state index contributed by atoms with van der Waals surface area (Å²) in [7, 11) is 0. The van der Waals surface area contributed by atoms with E-state index >= 15 is 0 Å². The monoisotopic (exact) mass is 416 g/mol. The van der Waals surface area contributed by atoms with E-state index in [1.165, 1.54) is 35.9 Å². The fourth-order valence-corrected chi connectivity index (χ4v) is 6.01. The van der Waals surface area contributed by atoms with E-state index in [0.717, 1.165) is 49.9 Å². The Kier molecular flexibility index (Phi) is 5.87. The Bertz CT molecular complexity index is 906. The number of nitriles is 1. The topological polar surface area (TPSA) is 110 Å². The van der Waals surface area contributed by atoms with Crippen LogP contribution in [0.4, 0.5) is 5.00 Å². The summed E-state index contributed by atoms with van der Waals surface area (Å²) in [6, 6.07) is 2.27. The minimum Gasteiger partial charge on any atom is -0.336 e. The Morgan fingerprint density at radius 2 is 2.04 bits per heavy atom. The van der Waals surface area contributed by atoms with Crippen molar-refractivity contribution in [3.8, 4) is 6.07 Å². The van der Waals surface area contributed by atoms with Gasteiger partial charge in [-0.1, -0.05) is 31.0 Å². The number of hydrogen-bond donors (Lipinski definition) is 2. The van der Waals surface area contributed by atoms with Gasteiger partial charge in [0, 0.05) is 10.8 Å². The van der Waals surface area contributed by atoms with Gasteiger partial charge in [0.15, 0.2) is 5.82 Å². The number of anilines is 1. The molecule has 7 nitrogen and oxygen atoms in total. The molecule has 0 atom stereocenters. The number of carbonyl (C=O) groups is 1. The summed E-state index contributed by atoms with van der Waals surface area (Å²) in [5.74, 6) is 7.41. The highest BCUT2D eigenvalue weighted by molar-refractivity contribution is 7.99. The Labute approximate surface area is 172 Å². The molecule has 0 unspecified atom stereocenters. The molecule has 2 aliphatic rings. The van der Waals surface area contributed by atoms with Crippen molar-refractivity contribution in [2.24, 2.45) is 0 Å². The fraction of sp³-hybridized carbons (Fsp3) is 0.579. The van der Waals surface area contributed by atoms with Gasteiger partial charge in [-0.05, 0) is 44.1 Å². The van der Waals surface area contributed by atoms with E-state index in [2.05, 4.69) is 21.6 Å². The van der Waals surface area contributed by atoms with Crippen molar-refractivity contribution in [1.29, 1.82) is 5.26 Å². The van der Waals surface area contributed by atoms with Crippen LogP contribution in [-0.4, -0.2) is 26.5 Å². The van der Waals surface area contributed by atoms with E-state index in [-0.39, 0.29) is 11.7 Å². The Morgan fingerprint density at radius 1 is 1.25 bits per heavy atom. The smallest absolute Gasteiger partial charge is 0.235 e. The molecule has 1 saturated carbocycles. The first-order valence-electron chi connectivity index (χ1n) is 9.85. The quantitative estimate of drug-likeness (QED) is 0.569. The second-order valence-corrected chi connectivity index (χ2v) is 9.46. The van der Waals surface area contributed by atoms with Crippen molar-refractivity contribution in [2.75, 3.05) is 16.9 Å². The molecule has 1 fully saturated rings. The summed E-state index contributed by atoms with van der Waals surface area (Å²) in [4.78, 5) is 13.7. The van der Waals surface area contributed by atoms with Gasteiger partial charge in [0.05, 0.1) is 11.3 Å². The first-order chi connectivity index (χ1) is 13.7. The van der Waals surface area contributed by atoms with Crippen LogP contribution in [-0.2, 0) is 17.6 Å². The largest absolute Gasteiger partial charge is 0.336 e. The first-order valence-corrected chi connectivity index (χ1v) is 11.6. The van der Waals surface area contributed by atoms with Gasteiger partial charge < -0.3 is 11.2 Å². The molecule has 0 aromatic carbocycles. The third kappa shape index (κ3) is 3.89. The van der Waals surface area contributed by atoms with Gasteiger partial charge in [0.2, 0.25) is 11.1 Å². The van der Waals surface area contributed by atoms with E-state index in [1.54, 1.807) is 16.0 Å². The summed E-state index contributed by atoms with van der Waals surface area (Å²) in [6.07, 6.45) is 10.1. The standard InChI is InChI=1S/C19H24N6OS2/c20-10-14-13-8-4-5-9-15(13)28-18(14)22-16(26)11-27-19-24-23-17(25(19)21)12-6-2-1-3-7-12/h12H,1-9,11,21H2,(H,22,26). The molecule has 0 radical (unpaired) electrons. The summed E-state index contributed by atoms with van der Waals surface area (Å²) < 4.78 is 1.54. The number of aryl methyl sites for hydroxylation is 1. The van der Waals surface area contributed by atoms with E-state index in [0.29, 0.717) is 21.6 Å². The molecular formula is C19H24N6OS2. The molecule has 9 heteroatoms. The zero-order valence-electron chi connectivity index (χ0n) is 15.7. The molecule has 2 aromatic heterocycles. The van der Waals surface area contributed by atoms with Crippen molar-refractivity contribution in [1.82, 2.24) is 14.9 Å². The number of nitrogens with one attached hydrogen (secondary N) is 1. The van der Waals surface area contributed by atoms with Gasteiger partial charge in [0.25, 0.3) is 0 Å². The SMILES string of the molecule is N#Cc1c(NC(=O)CSc2nnc(C3CCCCC3)n2N)sc2c1CCCC2.